The van der Waals surface area contributed by atoms with Crippen LogP contribution in [-0.2, 0) is 71.3 Å². The fraction of sp³-hybridized carbons (Fsp3) is 0.712. The number of esters is 5. The van der Waals surface area contributed by atoms with Crippen LogP contribution in [0, 0.1) is 0 Å². The molecule has 0 aliphatic heterocycles. The molecule has 0 heterocycles. The van der Waals surface area contributed by atoms with E-state index in [2.05, 4.69) is 59.9 Å². The van der Waals surface area contributed by atoms with Gasteiger partial charge in [0.1, 0.15) is 0 Å². The molecule has 0 aliphatic rings. The third kappa shape index (κ3) is 111. The van der Waals surface area contributed by atoms with E-state index in [1.807, 2.05) is 12.2 Å². The quantitative estimate of drug-likeness (QED) is 0.0185. The predicted molar refractivity (Wildman–Crippen MR) is 335 cm³/mol. The molecule has 0 aromatic rings. The lowest BCUT2D eigenvalue weighted by molar-refractivity contribution is -0.138. The summed E-state index contributed by atoms with van der Waals surface area (Å²) in [4.78, 5) is 52.9. The maximum absolute atomic E-state index is 10.7. The minimum Gasteiger partial charge on any atom is -0.463 e. The Hall–Kier alpha value is -4.67. The van der Waals surface area contributed by atoms with Crippen LogP contribution in [-0.4, -0.2) is 131 Å². The molecule has 0 aromatic heterocycles. The third-order valence-electron chi connectivity index (χ3n) is 10.8. The van der Waals surface area contributed by atoms with Gasteiger partial charge in [-0.1, -0.05) is 168 Å². The molecule has 0 aromatic carbocycles. The van der Waals surface area contributed by atoms with E-state index in [0.717, 1.165) is 129 Å². The van der Waals surface area contributed by atoms with Crippen molar-refractivity contribution >= 4 is 29.8 Å². The highest BCUT2D eigenvalue weighted by Gasteiger charge is 1.99. The summed E-state index contributed by atoms with van der Waals surface area (Å²) in [5.74, 6) is -1.64. The lowest BCUT2D eigenvalue weighted by Crippen LogP contribution is -2.02. The Kier molecular flexibility index (Phi) is 102. The van der Waals surface area contributed by atoms with Gasteiger partial charge in [0.15, 0.2) is 0 Å². The van der Waals surface area contributed by atoms with Crippen molar-refractivity contribution in [3.05, 3.63) is 88.6 Å². The summed E-state index contributed by atoms with van der Waals surface area (Å²) in [6.45, 7) is 34.8. The van der Waals surface area contributed by atoms with Gasteiger partial charge in [-0.3, -0.25) is 0 Å². The Bertz CT molecular complexity index is 1370. The lowest BCUT2D eigenvalue weighted by atomic mass is 10.1. The van der Waals surface area contributed by atoms with Crippen molar-refractivity contribution in [3.8, 4) is 0 Å². The zero-order valence-electron chi connectivity index (χ0n) is 52.9. The van der Waals surface area contributed by atoms with Crippen LogP contribution < -0.4 is 0 Å². The smallest absolute Gasteiger partial charge is 0.330 e. The topological polar surface area (TPSA) is 178 Å². The average molecular weight is 1160 g/mol. The SMILES string of the molecule is C=CC(=O)OCCCCCCC.C=CC(=O)OCCCCCCCCC.C=CC(=O)OCCCCCCCCOC.C=CC(=O)OCCCCCCOC.C=CC(=O)OCCCCOC.C=CCCCCCCOC.C=CCCOC. The minimum absolute atomic E-state index is 0.309. The van der Waals surface area contributed by atoms with E-state index in [1.165, 1.54) is 121 Å². The summed E-state index contributed by atoms with van der Waals surface area (Å²) in [6, 6.07) is 0. The first-order chi connectivity index (χ1) is 39.4. The number of methoxy groups -OCH3 is 5. The number of hydrogen-bond donors (Lipinski definition) is 0. The van der Waals surface area contributed by atoms with Crippen molar-refractivity contribution in [2.24, 2.45) is 0 Å². The van der Waals surface area contributed by atoms with Crippen LogP contribution in [0.1, 0.15) is 206 Å². The molecule has 0 atom stereocenters. The van der Waals surface area contributed by atoms with Crippen LogP contribution in [0.25, 0.3) is 0 Å². The van der Waals surface area contributed by atoms with E-state index in [1.54, 1.807) is 35.5 Å². The molecule has 0 saturated carbocycles. The molecular weight excluding hydrogens is 1030 g/mol. The first-order valence-electron chi connectivity index (χ1n) is 30.0. The maximum Gasteiger partial charge on any atom is 0.330 e. The van der Waals surface area contributed by atoms with Gasteiger partial charge in [0, 0.05) is 99.0 Å². The van der Waals surface area contributed by atoms with Crippen LogP contribution in [0.15, 0.2) is 88.6 Å². The van der Waals surface area contributed by atoms with Gasteiger partial charge in [-0.25, -0.2) is 24.0 Å². The third-order valence-corrected chi connectivity index (χ3v) is 10.8. The van der Waals surface area contributed by atoms with Gasteiger partial charge in [0.2, 0.25) is 0 Å². The maximum atomic E-state index is 10.7. The molecular formula is C66H122O15. The number of carbonyl (C=O) groups excluding carboxylic acids is 5. The average Bonchev–Trinajstić information content (AvgIpc) is 3.48. The fourth-order valence-corrected chi connectivity index (χ4v) is 6.12. The molecule has 0 radical (unpaired) electrons. The highest BCUT2D eigenvalue weighted by atomic mass is 16.5. The monoisotopic (exact) mass is 1150 g/mol. The number of carbonyl (C=O) groups is 5. The summed E-state index contributed by atoms with van der Waals surface area (Å²) >= 11 is 0. The molecule has 0 amide bonds. The molecule has 476 valence electrons. The van der Waals surface area contributed by atoms with Gasteiger partial charge in [0.25, 0.3) is 0 Å². The number of allylic oxidation sites excluding steroid dienone is 1. The second-order valence-corrected chi connectivity index (χ2v) is 18.2. The highest BCUT2D eigenvalue weighted by Crippen LogP contribution is 2.08. The molecule has 0 bridgehead atoms. The zero-order chi connectivity index (χ0) is 62.2. The Balaban J connectivity index is -0.000000160. The summed E-state index contributed by atoms with van der Waals surface area (Å²) in [5, 5.41) is 0. The van der Waals surface area contributed by atoms with Gasteiger partial charge in [0.05, 0.1) is 33.0 Å². The molecule has 0 unspecified atom stereocenters. The van der Waals surface area contributed by atoms with Gasteiger partial charge >= 0.3 is 29.8 Å². The van der Waals surface area contributed by atoms with Crippen molar-refractivity contribution < 1.29 is 71.3 Å². The van der Waals surface area contributed by atoms with Crippen molar-refractivity contribution in [3.63, 3.8) is 0 Å². The minimum atomic E-state index is -0.359. The zero-order valence-corrected chi connectivity index (χ0v) is 52.9. The summed E-state index contributed by atoms with van der Waals surface area (Å²) in [5.41, 5.74) is 0. The first-order valence-corrected chi connectivity index (χ1v) is 30.0. The Labute approximate surface area is 496 Å². The van der Waals surface area contributed by atoms with Crippen LogP contribution in [0.3, 0.4) is 0 Å². The van der Waals surface area contributed by atoms with Crippen molar-refractivity contribution in [2.75, 3.05) is 102 Å². The molecule has 15 nitrogen and oxygen atoms in total. The molecule has 0 rings (SSSR count). The second-order valence-electron chi connectivity index (χ2n) is 18.2. The van der Waals surface area contributed by atoms with Crippen LogP contribution in [0.5, 0.6) is 0 Å². The first kappa shape index (κ1) is 90.1. The molecule has 15 heteroatoms. The van der Waals surface area contributed by atoms with E-state index >= 15 is 0 Å². The van der Waals surface area contributed by atoms with E-state index in [4.69, 9.17) is 47.4 Å². The van der Waals surface area contributed by atoms with Gasteiger partial charge in [-0.2, -0.15) is 0 Å². The number of rotatable bonds is 50. The van der Waals surface area contributed by atoms with Crippen LogP contribution in [0.2, 0.25) is 0 Å². The van der Waals surface area contributed by atoms with Gasteiger partial charge in [-0.15, -0.1) is 13.2 Å². The summed E-state index contributed by atoms with van der Waals surface area (Å²) in [6.07, 6.45) is 44.4. The number of unbranched alkanes of at least 4 members (excludes halogenated alkanes) is 23. The summed E-state index contributed by atoms with van der Waals surface area (Å²) in [7, 11) is 8.52. The Morgan fingerprint density at radius 3 is 0.630 bits per heavy atom. The molecule has 0 spiro atoms. The van der Waals surface area contributed by atoms with E-state index in [9.17, 15) is 24.0 Å². The van der Waals surface area contributed by atoms with Crippen molar-refractivity contribution in [2.45, 2.75) is 206 Å². The van der Waals surface area contributed by atoms with Gasteiger partial charge in [-0.05, 0) is 83.5 Å². The predicted octanol–water partition coefficient (Wildman–Crippen LogP) is 15.9. The standard InChI is InChI=1S/C12H22O3.C12H22O2.C10H18O3.C10H18O2.C9H18O.C8H14O3.C5H10O/c1-3-12(13)15-11-9-7-5-4-6-8-10-14-2;1-3-5-6-7-8-9-10-11-14-12(13)4-2;1-3-10(11)13-9-7-5-4-6-8-12-2;1-3-5-6-7-8-9-12-10(11)4-2;1-3-4-5-6-7-8-9-10-2;1-3-8(9)11-7-5-4-6-10-2;1-3-4-5-6-2/h3H,1,4-11H2,2H3;4H,2-3,5-11H2,1H3;3H,1,4-9H2,2H3;4H,2-3,5-9H2,1H3;3H,1,4-9H2,2H3;3H,1,4-7H2,2H3;3H,1,4-5H2,2H3. The molecule has 81 heavy (non-hydrogen) atoms. The Morgan fingerprint density at radius 2 is 0.432 bits per heavy atom. The highest BCUT2D eigenvalue weighted by molar-refractivity contribution is 5.82. The fourth-order valence-electron chi connectivity index (χ4n) is 6.12. The summed E-state index contributed by atoms with van der Waals surface area (Å²) < 4.78 is 48.4. The normalized spacial score (nSPS) is 9.52. The lowest BCUT2D eigenvalue weighted by Gasteiger charge is -2.02. The largest absolute Gasteiger partial charge is 0.463 e. The molecule has 0 N–H and O–H groups in total. The van der Waals surface area contributed by atoms with E-state index in [-0.39, 0.29) is 29.8 Å². The Morgan fingerprint density at radius 1 is 0.247 bits per heavy atom. The molecule has 0 aliphatic carbocycles. The van der Waals surface area contributed by atoms with Crippen LogP contribution in [0.4, 0.5) is 0 Å². The van der Waals surface area contributed by atoms with E-state index < -0.39 is 0 Å². The van der Waals surface area contributed by atoms with Crippen molar-refractivity contribution in [1.29, 1.82) is 0 Å². The van der Waals surface area contributed by atoms with Crippen LogP contribution >= 0.6 is 0 Å². The molecule has 0 saturated heterocycles. The second kappa shape index (κ2) is 91.8. The number of hydrogen-bond acceptors (Lipinski definition) is 15. The van der Waals surface area contributed by atoms with Crippen molar-refractivity contribution in [1.82, 2.24) is 0 Å². The van der Waals surface area contributed by atoms with Gasteiger partial charge < -0.3 is 47.4 Å². The van der Waals surface area contributed by atoms with E-state index in [0.29, 0.717) is 39.6 Å². The number of ether oxygens (including phenoxy) is 10. The molecule has 0 fully saturated rings.